The molecule has 0 radical (unpaired) electrons. The molecule has 1 unspecified atom stereocenters. The van der Waals surface area contributed by atoms with Crippen molar-refractivity contribution in [3.63, 3.8) is 0 Å². The third-order valence-corrected chi connectivity index (χ3v) is 2.84. The average molecular weight is 278 g/mol. The molecule has 0 saturated carbocycles. The zero-order valence-corrected chi connectivity index (χ0v) is 10.6. The van der Waals surface area contributed by atoms with Crippen LogP contribution in [-0.4, -0.2) is 10.9 Å². The normalized spacial score (nSPS) is 11.9. The predicted molar refractivity (Wildman–Crippen MR) is 69.3 cm³/mol. The van der Waals surface area contributed by atoms with Crippen molar-refractivity contribution in [3.8, 4) is 0 Å². The van der Waals surface area contributed by atoms with Crippen molar-refractivity contribution in [1.29, 1.82) is 0 Å². The van der Waals surface area contributed by atoms with Crippen LogP contribution in [0.3, 0.4) is 0 Å². The molecule has 0 aliphatic carbocycles. The second kappa shape index (κ2) is 5.64. The lowest BCUT2D eigenvalue weighted by molar-refractivity contribution is 0.0938. The number of halogens is 2. The quantitative estimate of drug-likeness (QED) is 0.903. The maximum atomic E-state index is 13.6. The molecule has 0 spiro atoms. The molecule has 2 N–H and O–H groups in total. The molecular weight excluding hydrogens is 266 g/mol. The fourth-order valence-electron chi connectivity index (χ4n) is 1.79. The molecule has 104 valence electrons. The van der Waals surface area contributed by atoms with E-state index in [0.717, 1.165) is 18.2 Å². The number of amides is 1. The van der Waals surface area contributed by atoms with Gasteiger partial charge in [0.1, 0.15) is 17.2 Å². The van der Waals surface area contributed by atoms with Crippen LogP contribution < -0.4 is 10.7 Å². The van der Waals surface area contributed by atoms with Gasteiger partial charge in [0.15, 0.2) is 5.43 Å². The first-order valence-corrected chi connectivity index (χ1v) is 5.92. The zero-order chi connectivity index (χ0) is 14.7. The SMILES string of the molecule is CC(NC(=O)c1c[nH]ccc1=O)c1cc(F)ccc1F. The number of carbonyl (C=O) groups is 1. The van der Waals surface area contributed by atoms with Crippen LogP contribution in [0.25, 0.3) is 0 Å². The Bertz CT molecular complexity index is 698. The summed E-state index contributed by atoms with van der Waals surface area (Å²) >= 11 is 0. The molecule has 2 rings (SSSR count). The van der Waals surface area contributed by atoms with E-state index in [1.54, 1.807) is 0 Å². The second-order valence-electron chi connectivity index (χ2n) is 4.28. The number of hydrogen-bond acceptors (Lipinski definition) is 2. The van der Waals surface area contributed by atoms with Crippen molar-refractivity contribution >= 4 is 5.91 Å². The number of hydrogen-bond donors (Lipinski definition) is 2. The molecule has 0 aliphatic rings. The van der Waals surface area contributed by atoms with Crippen LogP contribution in [0, 0.1) is 11.6 Å². The van der Waals surface area contributed by atoms with E-state index in [0.29, 0.717) is 0 Å². The lowest BCUT2D eigenvalue weighted by atomic mass is 10.1. The highest BCUT2D eigenvalue weighted by Crippen LogP contribution is 2.18. The summed E-state index contributed by atoms with van der Waals surface area (Å²) in [5, 5.41) is 2.46. The van der Waals surface area contributed by atoms with Crippen molar-refractivity contribution in [2.24, 2.45) is 0 Å². The highest BCUT2D eigenvalue weighted by molar-refractivity contribution is 5.93. The minimum atomic E-state index is -0.766. The van der Waals surface area contributed by atoms with E-state index >= 15 is 0 Å². The van der Waals surface area contributed by atoms with Gasteiger partial charge in [-0.2, -0.15) is 0 Å². The number of aromatic amines is 1. The van der Waals surface area contributed by atoms with Gasteiger partial charge in [-0.25, -0.2) is 8.78 Å². The number of pyridine rings is 1. The number of aromatic nitrogens is 1. The van der Waals surface area contributed by atoms with Gasteiger partial charge in [0.25, 0.3) is 5.91 Å². The smallest absolute Gasteiger partial charge is 0.257 e. The maximum Gasteiger partial charge on any atom is 0.257 e. The number of rotatable bonds is 3. The molecule has 1 heterocycles. The Kier molecular flexibility index (Phi) is 3.93. The lowest BCUT2D eigenvalue weighted by Crippen LogP contribution is -2.31. The van der Waals surface area contributed by atoms with Gasteiger partial charge >= 0.3 is 0 Å². The summed E-state index contributed by atoms with van der Waals surface area (Å²) in [5.41, 5.74) is -0.518. The number of nitrogens with one attached hydrogen (secondary N) is 2. The summed E-state index contributed by atoms with van der Waals surface area (Å²) in [4.78, 5) is 26.0. The zero-order valence-electron chi connectivity index (χ0n) is 10.6. The Hall–Kier alpha value is -2.50. The molecule has 0 bridgehead atoms. The lowest BCUT2D eigenvalue weighted by Gasteiger charge is -2.15. The van der Waals surface area contributed by atoms with Gasteiger partial charge in [0.2, 0.25) is 0 Å². The fraction of sp³-hybridized carbons (Fsp3) is 0.143. The minimum Gasteiger partial charge on any atom is -0.367 e. The van der Waals surface area contributed by atoms with Crippen molar-refractivity contribution in [3.05, 3.63) is 69.6 Å². The molecule has 1 aromatic heterocycles. The van der Waals surface area contributed by atoms with Gasteiger partial charge < -0.3 is 10.3 Å². The third kappa shape index (κ3) is 2.90. The molecule has 1 atom stereocenters. The van der Waals surface area contributed by atoms with Gasteiger partial charge in [-0.3, -0.25) is 9.59 Å². The summed E-state index contributed by atoms with van der Waals surface area (Å²) in [6.07, 6.45) is 2.65. The highest BCUT2D eigenvalue weighted by atomic mass is 19.1. The Balaban J connectivity index is 2.22. The van der Waals surface area contributed by atoms with Gasteiger partial charge in [0, 0.05) is 24.0 Å². The van der Waals surface area contributed by atoms with Crippen molar-refractivity contribution in [1.82, 2.24) is 10.3 Å². The van der Waals surface area contributed by atoms with Crippen molar-refractivity contribution in [2.75, 3.05) is 0 Å². The monoisotopic (exact) mass is 278 g/mol. The van der Waals surface area contributed by atoms with Crippen LogP contribution >= 0.6 is 0 Å². The second-order valence-corrected chi connectivity index (χ2v) is 4.28. The summed E-state index contributed by atoms with van der Waals surface area (Å²) in [7, 11) is 0. The van der Waals surface area contributed by atoms with Crippen molar-refractivity contribution < 1.29 is 13.6 Å². The first-order valence-electron chi connectivity index (χ1n) is 5.92. The van der Waals surface area contributed by atoms with E-state index in [1.807, 2.05) is 0 Å². The summed E-state index contributed by atoms with van der Waals surface area (Å²) in [6, 6.07) is 3.44. The van der Waals surface area contributed by atoms with Gasteiger partial charge in [-0.1, -0.05) is 0 Å². The first kappa shape index (κ1) is 13.9. The van der Waals surface area contributed by atoms with E-state index in [1.165, 1.54) is 25.4 Å². The Labute approximate surface area is 113 Å². The minimum absolute atomic E-state index is 0.0192. The molecule has 0 fully saturated rings. The molecule has 4 nitrogen and oxygen atoms in total. The van der Waals surface area contributed by atoms with E-state index in [4.69, 9.17) is 0 Å². The highest BCUT2D eigenvalue weighted by Gasteiger charge is 2.17. The molecular formula is C14H12F2N2O2. The largest absolute Gasteiger partial charge is 0.367 e. The summed E-state index contributed by atoms with van der Waals surface area (Å²) in [6.45, 7) is 1.51. The molecule has 2 aromatic rings. The number of H-pyrrole nitrogens is 1. The Morgan fingerprint density at radius 2 is 2.05 bits per heavy atom. The van der Waals surface area contributed by atoms with Crippen LogP contribution in [0.1, 0.15) is 28.9 Å². The summed E-state index contributed by atoms with van der Waals surface area (Å²) < 4.78 is 26.7. The Morgan fingerprint density at radius 1 is 1.30 bits per heavy atom. The van der Waals surface area contributed by atoms with Crippen LogP contribution in [0.4, 0.5) is 8.78 Å². The average Bonchev–Trinajstić information content (AvgIpc) is 2.41. The van der Waals surface area contributed by atoms with Gasteiger partial charge in [-0.15, -0.1) is 0 Å². The molecule has 6 heteroatoms. The maximum absolute atomic E-state index is 13.6. The molecule has 0 aliphatic heterocycles. The standard InChI is InChI=1S/C14H12F2N2O2/c1-8(10-6-9(15)2-3-12(10)16)18-14(20)11-7-17-5-4-13(11)19/h2-8H,1H3,(H,17,19)(H,18,20). The van der Waals surface area contributed by atoms with E-state index in [-0.39, 0.29) is 11.1 Å². The molecule has 20 heavy (non-hydrogen) atoms. The third-order valence-electron chi connectivity index (χ3n) is 2.84. The molecule has 0 saturated heterocycles. The molecule has 1 amide bonds. The van der Waals surface area contributed by atoms with Gasteiger partial charge in [0.05, 0.1) is 6.04 Å². The van der Waals surface area contributed by atoms with E-state index < -0.39 is 29.0 Å². The van der Waals surface area contributed by atoms with Crippen LogP contribution in [0.15, 0.2) is 41.5 Å². The first-order chi connectivity index (χ1) is 9.49. The topological polar surface area (TPSA) is 62.0 Å². The van der Waals surface area contributed by atoms with Crippen molar-refractivity contribution in [2.45, 2.75) is 13.0 Å². The van der Waals surface area contributed by atoms with E-state index in [9.17, 15) is 18.4 Å². The predicted octanol–water partition coefficient (Wildman–Crippen LogP) is 2.14. The molecule has 1 aromatic carbocycles. The van der Waals surface area contributed by atoms with Gasteiger partial charge in [-0.05, 0) is 25.1 Å². The summed E-state index contributed by atoms with van der Waals surface area (Å²) in [5.74, 6) is -1.87. The Morgan fingerprint density at radius 3 is 2.75 bits per heavy atom. The number of carbonyl (C=O) groups excluding carboxylic acids is 1. The van der Waals surface area contributed by atoms with E-state index in [2.05, 4.69) is 10.3 Å². The van der Waals surface area contributed by atoms with Crippen LogP contribution in [0.2, 0.25) is 0 Å². The van der Waals surface area contributed by atoms with Crippen LogP contribution in [0.5, 0.6) is 0 Å². The number of benzene rings is 1. The fourth-order valence-corrected chi connectivity index (χ4v) is 1.79. The van der Waals surface area contributed by atoms with Crippen LogP contribution in [-0.2, 0) is 0 Å².